The minimum absolute atomic E-state index is 0.0838. The minimum atomic E-state index is -0.0838. The highest BCUT2D eigenvalue weighted by Gasteiger charge is 1.79. The van der Waals surface area contributed by atoms with Crippen LogP contribution >= 0.6 is 0 Å². The summed E-state index contributed by atoms with van der Waals surface area (Å²) in [5.41, 5.74) is 0. The van der Waals surface area contributed by atoms with Gasteiger partial charge < -0.3 is 10.4 Å². The molecule has 0 amide bonds. The van der Waals surface area contributed by atoms with E-state index in [0.717, 1.165) is 19.4 Å². The molecule has 9 heavy (non-hydrogen) atoms. The minimum Gasteiger partial charge on any atom is -0.375 e. The van der Waals surface area contributed by atoms with Crippen molar-refractivity contribution < 1.29 is 5.11 Å². The second kappa shape index (κ2) is 7.59. The monoisotopic (exact) mass is 130 g/mol. The molecule has 0 aromatic heterocycles. The van der Waals surface area contributed by atoms with Crippen LogP contribution in [0.2, 0.25) is 0 Å². The van der Waals surface area contributed by atoms with Crippen molar-refractivity contribution in [2.45, 2.75) is 12.8 Å². The average Bonchev–Trinajstić information content (AvgIpc) is 1.89. The fourth-order valence-corrected chi connectivity index (χ4v) is 0.519. The van der Waals surface area contributed by atoms with Crippen molar-refractivity contribution in [2.24, 2.45) is 4.99 Å². The van der Waals surface area contributed by atoms with Crippen molar-refractivity contribution >= 4 is 6.21 Å². The zero-order valence-corrected chi connectivity index (χ0v) is 5.80. The first-order valence-corrected chi connectivity index (χ1v) is 3.15. The molecule has 0 spiro atoms. The van der Waals surface area contributed by atoms with E-state index in [1.54, 1.807) is 6.21 Å². The molecule has 0 aromatic carbocycles. The maximum Gasteiger partial charge on any atom is 0.133 e. The van der Waals surface area contributed by atoms with Gasteiger partial charge in [-0.15, -0.1) is 0 Å². The van der Waals surface area contributed by atoms with Crippen molar-refractivity contribution in [1.29, 1.82) is 0 Å². The molecule has 0 saturated heterocycles. The van der Waals surface area contributed by atoms with E-state index in [9.17, 15) is 0 Å². The first kappa shape index (κ1) is 8.59. The Morgan fingerprint density at radius 2 is 2.44 bits per heavy atom. The summed E-state index contributed by atoms with van der Waals surface area (Å²) in [6, 6.07) is 0. The predicted molar refractivity (Wildman–Crippen MR) is 38.7 cm³/mol. The second-order valence-electron chi connectivity index (χ2n) is 1.75. The van der Waals surface area contributed by atoms with Gasteiger partial charge in [0.05, 0.1) is 0 Å². The number of rotatable bonds is 5. The third kappa shape index (κ3) is 7.59. The number of aliphatic imine (C=N–C) groups is 1. The van der Waals surface area contributed by atoms with Gasteiger partial charge in [0.1, 0.15) is 6.73 Å². The fraction of sp³-hybridized carbons (Fsp3) is 0.833. The van der Waals surface area contributed by atoms with Crippen molar-refractivity contribution in [3.63, 3.8) is 0 Å². The van der Waals surface area contributed by atoms with Crippen LogP contribution in [0.4, 0.5) is 0 Å². The normalized spacial score (nSPS) is 10.9. The van der Waals surface area contributed by atoms with Gasteiger partial charge in [0.15, 0.2) is 0 Å². The molecule has 0 atom stereocenters. The zero-order chi connectivity index (χ0) is 6.95. The number of nitrogens with one attached hydrogen (secondary N) is 1. The molecule has 0 radical (unpaired) electrons. The maximum absolute atomic E-state index is 8.21. The van der Waals surface area contributed by atoms with Crippen molar-refractivity contribution in [3.05, 3.63) is 0 Å². The molecule has 0 aliphatic carbocycles. The molecule has 3 heteroatoms. The van der Waals surface area contributed by atoms with E-state index in [0.29, 0.717) is 0 Å². The molecule has 54 valence electrons. The van der Waals surface area contributed by atoms with Crippen LogP contribution in [0.1, 0.15) is 12.8 Å². The van der Waals surface area contributed by atoms with Crippen LogP contribution in [-0.2, 0) is 0 Å². The molecule has 0 aromatic rings. The van der Waals surface area contributed by atoms with Crippen LogP contribution in [0, 0.1) is 0 Å². The third-order valence-electron chi connectivity index (χ3n) is 0.971. The van der Waals surface area contributed by atoms with E-state index >= 15 is 0 Å². The van der Waals surface area contributed by atoms with Crippen molar-refractivity contribution in [2.75, 3.05) is 20.3 Å². The van der Waals surface area contributed by atoms with E-state index in [1.807, 2.05) is 7.05 Å². The molecule has 0 aliphatic rings. The van der Waals surface area contributed by atoms with Crippen LogP contribution in [-0.4, -0.2) is 31.6 Å². The summed E-state index contributed by atoms with van der Waals surface area (Å²) in [6.07, 6.45) is 3.78. The number of unbranched alkanes of at least 4 members (excludes halogenated alkanes) is 1. The Kier molecular flexibility index (Phi) is 7.24. The van der Waals surface area contributed by atoms with Crippen LogP contribution in [0.5, 0.6) is 0 Å². The molecule has 0 aliphatic heterocycles. The lowest BCUT2D eigenvalue weighted by molar-refractivity contribution is 0.309. The highest BCUT2D eigenvalue weighted by Crippen LogP contribution is 1.80. The molecule has 0 unspecified atom stereocenters. The second-order valence-corrected chi connectivity index (χ2v) is 1.75. The average molecular weight is 130 g/mol. The maximum atomic E-state index is 8.21. The van der Waals surface area contributed by atoms with Crippen LogP contribution in [0.25, 0.3) is 0 Å². The molecule has 0 bridgehead atoms. The molecule has 0 heterocycles. The number of hydrogen-bond donors (Lipinski definition) is 2. The summed E-state index contributed by atoms with van der Waals surface area (Å²) in [5, 5.41) is 11.2. The molecule has 3 nitrogen and oxygen atoms in total. The fourth-order valence-electron chi connectivity index (χ4n) is 0.519. The Hall–Kier alpha value is -0.410. The zero-order valence-electron chi connectivity index (χ0n) is 5.80. The predicted octanol–water partition coefficient (Wildman–Crippen LogP) is 0.00660. The van der Waals surface area contributed by atoms with Gasteiger partial charge >= 0.3 is 0 Å². The van der Waals surface area contributed by atoms with Gasteiger partial charge in [-0.05, 0) is 26.4 Å². The molecular weight excluding hydrogens is 116 g/mol. The highest BCUT2D eigenvalue weighted by molar-refractivity contribution is 5.56. The molecule has 0 fully saturated rings. The Morgan fingerprint density at radius 1 is 1.67 bits per heavy atom. The molecule has 0 saturated carbocycles. The van der Waals surface area contributed by atoms with Gasteiger partial charge in [-0.2, -0.15) is 0 Å². The van der Waals surface area contributed by atoms with E-state index in [4.69, 9.17) is 5.11 Å². The smallest absolute Gasteiger partial charge is 0.133 e. The van der Waals surface area contributed by atoms with E-state index in [1.165, 1.54) is 0 Å². The van der Waals surface area contributed by atoms with Gasteiger partial charge in [-0.1, -0.05) is 0 Å². The van der Waals surface area contributed by atoms with Crippen molar-refractivity contribution in [1.82, 2.24) is 5.32 Å². The standard InChI is InChI=1S/C6H14N2O/c1-7-4-2-3-5-8-6-9/h5,7,9H,2-4,6H2,1H3. The van der Waals surface area contributed by atoms with Crippen molar-refractivity contribution in [3.8, 4) is 0 Å². The van der Waals surface area contributed by atoms with E-state index in [2.05, 4.69) is 10.3 Å². The summed E-state index contributed by atoms with van der Waals surface area (Å²) in [4.78, 5) is 3.65. The lowest BCUT2D eigenvalue weighted by Crippen LogP contribution is -2.07. The molecule has 0 rings (SSSR count). The number of aliphatic hydroxyl groups excluding tert-OH is 1. The summed E-state index contributed by atoms with van der Waals surface area (Å²) in [7, 11) is 1.92. The lowest BCUT2D eigenvalue weighted by Gasteiger charge is -1.91. The van der Waals surface area contributed by atoms with E-state index < -0.39 is 0 Å². The van der Waals surface area contributed by atoms with Gasteiger partial charge in [0.25, 0.3) is 0 Å². The Labute approximate surface area is 55.8 Å². The number of aliphatic hydroxyl groups is 1. The number of nitrogens with zero attached hydrogens (tertiary/aromatic N) is 1. The quantitative estimate of drug-likeness (QED) is 0.406. The highest BCUT2D eigenvalue weighted by atomic mass is 16.3. The van der Waals surface area contributed by atoms with Gasteiger partial charge in [0.2, 0.25) is 0 Å². The Bertz CT molecular complexity index is 73.5. The van der Waals surface area contributed by atoms with Gasteiger partial charge in [0, 0.05) is 6.21 Å². The lowest BCUT2D eigenvalue weighted by atomic mass is 10.3. The van der Waals surface area contributed by atoms with Gasteiger partial charge in [-0.3, -0.25) is 4.99 Å². The number of hydrogen-bond acceptors (Lipinski definition) is 3. The Morgan fingerprint density at radius 3 is 3.00 bits per heavy atom. The summed E-state index contributed by atoms with van der Waals surface area (Å²) >= 11 is 0. The van der Waals surface area contributed by atoms with E-state index in [-0.39, 0.29) is 6.73 Å². The van der Waals surface area contributed by atoms with Crippen LogP contribution < -0.4 is 5.32 Å². The summed E-state index contributed by atoms with van der Waals surface area (Å²) in [6.45, 7) is 0.928. The van der Waals surface area contributed by atoms with Gasteiger partial charge in [-0.25, -0.2) is 0 Å². The molecular formula is C6H14N2O. The first-order valence-electron chi connectivity index (χ1n) is 3.15. The van der Waals surface area contributed by atoms with Crippen LogP contribution in [0.15, 0.2) is 4.99 Å². The topological polar surface area (TPSA) is 44.6 Å². The third-order valence-corrected chi connectivity index (χ3v) is 0.971. The summed E-state index contributed by atoms with van der Waals surface area (Å²) < 4.78 is 0. The first-order chi connectivity index (χ1) is 4.41. The SMILES string of the molecule is CNCCCC=NCO. The van der Waals surface area contributed by atoms with Crippen LogP contribution in [0.3, 0.4) is 0 Å². The molecule has 2 N–H and O–H groups in total. The summed E-state index contributed by atoms with van der Waals surface area (Å²) in [5.74, 6) is 0. The largest absolute Gasteiger partial charge is 0.375 e. The Balaban J connectivity index is 2.82.